The molecule has 0 N–H and O–H groups in total. The molecule has 0 heterocycles. The monoisotopic (exact) mass is 1010 g/mol. The summed E-state index contributed by atoms with van der Waals surface area (Å²) in [6.07, 6.45) is 3.36. The van der Waals surface area contributed by atoms with Crippen molar-refractivity contribution in [2.45, 2.75) is 69.2 Å². The molecule has 367 valence electrons. The number of halogens is 3. The quantitative estimate of drug-likeness (QED) is 0.101. The van der Waals surface area contributed by atoms with E-state index in [1.807, 2.05) is 0 Å². The summed E-state index contributed by atoms with van der Waals surface area (Å²) < 4.78 is 0. The number of hydrogen-bond donors (Lipinski definition) is 0. The third kappa shape index (κ3) is 12.1. The first kappa shape index (κ1) is 64.2. The number of rotatable bonds is 12. The molecule has 0 spiro atoms. The first-order valence-electron chi connectivity index (χ1n) is 21.7. The number of nitrogens with zero attached hydrogens (tertiary/aromatic N) is 9. The van der Waals surface area contributed by atoms with Gasteiger partial charge in [0.25, 0.3) is 0 Å². The Morgan fingerprint density at radius 2 is 0.508 bits per heavy atom. The van der Waals surface area contributed by atoms with Crippen molar-refractivity contribution in [3.05, 3.63) is 56.2 Å². The topological polar surface area (TPSA) is 29.2 Å². The Hall–Kier alpha value is -2.86. The smallest absolute Gasteiger partial charge is 0.164 e. The van der Waals surface area contributed by atoms with Crippen LogP contribution in [0.5, 0.6) is 0 Å². The zero-order valence-corrected chi connectivity index (χ0v) is 50.8. The van der Waals surface area contributed by atoms with Gasteiger partial charge in [-0.3, -0.25) is 6.08 Å². The van der Waals surface area contributed by atoms with Crippen molar-refractivity contribution in [1.82, 2.24) is 0 Å². The Morgan fingerprint density at radius 1 is 0.323 bits per heavy atom. The molecule has 9 nitrogen and oxygen atoms in total. The van der Waals surface area contributed by atoms with Crippen LogP contribution in [0.1, 0.15) is 61.1 Å². The van der Waals surface area contributed by atoms with Gasteiger partial charge in [-0.1, -0.05) is 26.7 Å². The van der Waals surface area contributed by atoms with Crippen LogP contribution in [-0.2, 0) is 21.7 Å². The van der Waals surface area contributed by atoms with E-state index in [0.29, 0.717) is 5.92 Å². The summed E-state index contributed by atoms with van der Waals surface area (Å²) in [5.41, 5.74) is 23.8. The van der Waals surface area contributed by atoms with E-state index in [1.54, 1.807) is 0 Å². The second-order valence-corrected chi connectivity index (χ2v) is 21.5. The fourth-order valence-corrected chi connectivity index (χ4v) is 14.4. The van der Waals surface area contributed by atoms with Crippen molar-refractivity contribution in [1.29, 1.82) is 0 Å². The van der Waals surface area contributed by atoms with Gasteiger partial charge in [-0.05, 0) is 90.5 Å². The van der Waals surface area contributed by atoms with Crippen LogP contribution in [0.15, 0.2) is 16.7 Å². The normalized spacial score (nSPS) is 12.8. The van der Waals surface area contributed by atoms with E-state index in [0.717, 1.165) is 0 Å². The molecule has 1 radical (unpaired) electrons. The Labute approximate surface area is 433 Å². The summed E-state index contributed by atoms with van der Waals surface area (Å²) in [5.74, 6) is 0.560. The maximum atomic E-state index is 3.36. The predicted molar refractivity (Wildman–Crippen MR) is 303 cm³/mol. The first-order valence-corrected chi connectivity index (χ1v) is 23.2. The molecule has 3 aromatic rings. The van der Waals surface area contributed by atoms with E-state index in [9.17, 15) is 0 Å². The van der Waals surface area contributed by atoms with Crippen LogP contribution in [-0.4, -0.2) is 136 Å². The van der Waals surface area contributed by atoms with E-state index in [1.165, 1.54) is 117 Å². The van der Waals surface area contributed by atoms with Crippen molar-refractivity contribution in [2.24, 2.45) is 5.92 Å². The number of benzene rings is 3. The number of anilines is 9. The molecular weight excluding hydrogens is 921 g/mol. The molecule has 65 heavy (non-hydrogen) atoms. The Balaban J connectivity index is 0. The van der Waals surface area contributed by atoms with Gasteiger partial charge in [0.05, 0.1) is 34.1 Å². The average Bonchev–Trinajstić information content (AvgIpc) is 3.34. The second kappa shape index (κ2) is 25.0. The van der Waals surface area contributed by atoms with Gasteiger partial charge < -0.3 is 44.1 Å². The second-order valence-electron chi connectivity index (χ2n) is 19.2. The van der Waals surface area contributed by atoms with E-state index < -0.39 is 8.80 Å². The average molecular weight is 1010 g/mol. The zero-order valence-electron chi connectivity index (χ0n) is 45.8. The minimum Gasteiger partial charge on any atom is -0.377 e. The van der Waals surface area contributed by atoms with Gasteiger partial charge in [0.2, 0.25) is 0 Å². The van der Waals surface area contributed by atoms with Crippen LogP contribution in [0.4, 0.5) is 51.2 Å². The molecule has 14 heteroatoms. The Morgan fingerprint density at radius 3 is 0.631 bits per heavy atom. The summed E-state index contributed by atoms with van der Waals surface area (Å²) in [6.45, 7) is 22.8. The van der Waals surface area contributed by atoms with E-state index in [-0.39, 0.29) is 58.9 Å². The fourth-order valence-electron chi connectivity index (χ4n) is 10.3. The van der Waals surface area contributed by atoms with Gasteiger partial charge in [0.15, 0.2) is 8.80 Å². The SMILES string of the molecule is CC1=[C-]C(C)C(C)=C1C.Cc1c(N(C)C)c(N(C)C)c(C)c([Si](c2c(C)c(N(C)C)c(N(C)C)c(C)c2N(C)C)c2c(C)c(N(C)C)c(N(C)C)c(C)c2N(C)C)c1N(C)C.Cl.Cl.Cl.[Ti]. The largest absolute Gasteiger partial charge is 0.377 e. The predicted octanol–water partition coefficient (Wildman–Crippen LogP) is 8.63. The van der Waals surface area contributed by atoms with Gasteiger partial charge >= 0.3 is 0 Å². The van der Waals surface area contributed by atoms with Crippen LogP contribution >= 0.6 is 37.2 Å². The molecule has 0 amide bonds. The van der Waals surface area contributed by atoms with Crippen LogP contribution in [0, 0.1) is 53.5 Å². The Kier molecular flexibility index (Phi) is 24.7. The summed E-state index contributed by atoms with van der Waals surface area (Å²) >= 11 is 0. The minimum atomic E-state index is -1.81. The molecule has 1 aliphatic rings. The standard InChI is InChI=1S/C42H72N9Si.C9H13.3ClH.Ti/c1-25-31(43(7)8)34(46(13)14)28(4)40(37(25)49(19)20)52(41-29(5)35(47(15)16)32(44(9)10)26(2)38(41)50(21)22)42-30(6)36(48(17)18)33(45(11)12)27(3)39(42)51(23)24;1-6-5-7(2)9(4)8(6)3;;;;/h1-24H3;6H,1-4H3;3*1H;/q;-1;;;;. The van der Waals surface area contributed by atoms with Crippen molar-refractivity contribution in [3.63, 3.8) is 0 Å². The minimum absolute atomic E-state index is 0. The third-order valence-corrected chi connectivity index (χ3v) is 16.1. The van der Waals surface area contributed by atoms with Crippen LogP contribution in [0.2, 0.25) is 0 Å². The van der Waals surface area contributed by atoms with E-state index >= 15 is 0 Å². The summed E-state index contributed by atoms with van der Waals surface area (Å²) in [4.78, 5) is 21.0. The Bertz CT molecular complexity index is 1980. The molecule has 3 aromatic carbocycles. The molecule has 0 fully saturated rings. The fraction of sp³-hybridized carbons (Fsp3) is 0.569. The van der Waals surface area contributed by atoms with Crippen molar-refractivity contribution in [2.75, 3.05) is 171 Å². The molecule has 0 aromatic heterocycles. The molecular formula is C51H88Cl3N9SiTi-. The number of hydrogen-bond acceptors (Lipinski definition) is 9. The van der Waals surface area contributed by atoms with Gasteiger partial charge in [0, 0.05) is 166 Å². The molecule has 0 bridgehead atoms. The molecule has 1 atom stereocenters. The first-order chi connectivity index (χ1) is 28.0. The van der Waals surface area contributed by atoms with E-state index in [2.05, 4.69) is 246 Å². The van der Waals surface area contributed by atoms with Gasteiger partial charge in [0.1, 0.15) is 0 Å². The summed E-state index contributed by atoms with van der Waals surface area (Å²) in [6, 6.07) is 0. The van der Waals surface area contributed by atoms with Crippen molar-refractivity contribution in [3.8, 4) is 0 Å². The van der Waals surface area contributed by atoms with Crippen LogP contribution in [0.25, 0.3) is 0 Å². The zero-order chi connectivity index (χ0) is 47.2. The maximum Gasteiger partial charge on any atom is 0.164 e. The van der Waals surface area contributed by atoms with Crippen LogP contribution < -0.4 is 59.7 Å². The molecule has 0 saturated heterocycles. The van der Waals surface area contributed by atoms with Crippen molar-refractivity contribution >= 4 is 113 Å². The van der Waals surface area contributed by atoms with Gasteiger partial charge in [-0.2, -0.15) is 11.1 Å². The van der Waals surface area contributed by atoms with Crippen molar-refractivity contribution < 1.29 is 21.7 Å². The van der Waals surface area contributed by atoms with Gasteiger partial charge in [-0.25, -0.2) is 5.57 Å². The molecule has 4 rings (SSSR count). The molecule has 1 aliphatic carbocycles. The number of allylic oxidation sites excluding steroid dienone is 4. The van der Waals surface area contributed by atoms with Crippen LogP contribution in [0.3, 0.4) is 0 Å². The molecule has 0 aliphatic heterocycles. The van der Waals surface area contributed by atoms with Gasteiger partial charge in [-0.15, -0.1) is 44.1 Å². The summed E-state index contributed by atoms with van der Waals surface area (Å²) in [7, 11) is 37.9. The summed E-state index contributed by atoms with van der Waals surface area (Å²) in [5, 5.41) is 4.34. The maximum absolute atomic E-state index is 3.36. The molecule has 1 unspecified atom stereocenters. The third-order valence-electron chi connectivity index (χ3n) is 12.7. The molecule has 0 saturated carbocycles. The van der Waals surface area contributed by atoms with E-state index in [4.69, 9.17) is 0 Å².